The Morgan fingerprint density at radius 1 is 1.28 bits per heavy atom. The van der Waals surface area contributed by atoms with Crippen LogP contribution in [-0.2, 0) is 4.79 Å². The van der Waals surface area contributed by atoms with Crippen LogP contribution < -0.4 is 10.2 Å². The number of anilines is 1. The number of piperidine rings is 1. The Morgan fingerprint density at radius 2 is 2.00 bits per heavy atom. The van der Waals surface area contributed by atoms with E-state index in [1.807, 2.05) is 11.0 Å². The van der Waals surface area contributed by atoms with Gasteiger partial charge in [0, 0.05) is 44.0 Å². The molecule has 2 unspecified atom stereocenters. The summed E-state index contributed by atoms with van der Waals surface area (Å²) in [5, 5.41) is 14.2. The molecule has 1 N–H and O–H groups in total. The molecule has 1 aromatic carbocycles. The van der Waals surface area contributed by atoms with E-state index >= 15 is 0 Å². The number of non-ortho nitro benzene ring substituents is 1. The van der Waals surface area contributed by atoms with Crippen molar-refractivity contribution >= 4 is 29.7 Å². The lowest BCUT2D eigenvalue weighted by Gasteiger charge is -2.39. The quantitative estimate of drug-likeness (QED) is 0.652. The fraction of sp³-hybridized carbons (Fsp3) is 0.588. The number of piperazine rings is 1. The number of carbonyl (C=O) groups excluding carboxylic acids is 1. The Morgan fingerprint density at radius 3 is 2.64 bits per heavy atom. The fourth-order valence-electron chi connectivity index (χ4n) is 3.50. The molecule has 2 atom stereocenters. The van der Waals surface area contributed by atoms with E-state index < -0.39 is 0 Å². The highest BCUT2D eigenvalue weighted by Crippen LogP contribution is 2.23. The summed E-state index contributed by atoms with van der Waals surface area (Å²) >= 11 is 0. The molecule has 2 saturated heterocycles. The van der Waals surface area contributed by atoms with Crippen molar-refractivity contribution in [3.8, 4) is 0 Å². The smallest absolute Gasteiger partial charge is 0.271 e. The van der Waals surface area contributed by atoms with Crippen LogP contribution in [0, 0.1) is 16.0 Å². The number of nitro groups is 1. The second-order valence-electron chi connectivity index (χ2n) is 6.73. The van der Waals surface area contributed by atoms with Crippen molar-refractivity contribution in [1.29, 1.82) is 0 Å². The van der Waals surface area contributed by atoms with Gasteiger partial charge in [0.1, 0.15) is 0 Å². The molecule has 0 aromatic heterocycles. The molecule has 0 saturated carbocycles. The summed E-state index contributed by atoms with van der Waals surface area (Å²) in [6.45, 7) is 5.83. The van der Waals surface area contributed by atoms with E-state index in [0.717, 1.165) is 25.1 Å². The van der Waals surface area contributed by atoms with Gasteiger partial charge in [-0.15, -0.1) is 12.4 Å². The van der Waals surface area contributed by atoms with E-state index in [1.54, 1.807) is 12.1 Å². The van der Waals surface area contributed by atoms with Crippen LogP contribution in [0.2, 0.25) is 0 Å². The highest BCUT2D eigenvalue weighted by molar-refractivity contribution is 5.85. The number of benzene rings is 1. The fourth-order valence-corrected chi connectivity index (χ4v) is 3.50. The molecule has 0 radical (unpaired) electrons. The predicted octanol–water partition coefficient (Wildman–Crippen LogP) is 2.05. The van der Waals surface area contributed by atoms with Gasteiger partial charge in [0.25, 0.3) is 5.69 Å². The minimum atomic E-state index is -0.376. The third-order valence-corrected chi connectivity index (χ3v) is 4.96. The van der Waals surface area contributed by atoms with Gasteiger partial charge in [0.05, 0.1) is 11.0 Å². The topological polar surface area (TPSA) is 78.7 Å². The van der Waals surface area contributed by atoms with Crippen LogP contribution in [0.4, 0.5) is 11.4 Å². The third kappa shape index (κ3) is 4.61. The van der Waals surface area contributed by atoms with E-state index in [-0.39, 0.29) is 35.0 Å². The highest BCUT2D eigenvalue weighted by atomic mass is 35.5. The minimum absolute atomic E-state index is 0. The van der Waals surface area contributed by atoms with Gasteiger partial charge >= 0.3 is 0 Å². The van der Waals surface area contributed by atoms with Gasteiger partial charge in [0.2, 0.25) is 5.91 Å². The Bertz CT molecular complexity index is 620. The first kappa shape index (κ1) is 19.5. The molecular formula is C17H25ClN4O3. The van der Waals surface area contributed by atoms with E-state index in [0.29, 0.717) is 32.1 Å². The first-order valence-electron chi connectivity index (χ1n) is 8.56. The van der Waals surface area contributed by atoms with Crippen LogP contribution in [0.15, 0.2) is 24.3 Å². The maximum absolute atomic E-state index is 12.6. The Balaban J connectivity index is 0.00000225. The number of nitrogens with zero attached hydrogens (tertiary/aromatic N) is 3. The number of nitro benzene ring substituents is 1. The Labute approximate surface area is 153 Å². The molecule has 2 aliphatic heterocycles. The van der Waals surface area contributed by atoms with Gasteiger partial charge in [-0.1, -0.05) is 13.0 Å². The molecule has 25 heavy (non-hydrogen) atoms. The number of nitrogens with one attached hydrogen (secondary N) is 1. The van der Waals surface area contributed by atoms with Gasteiger partial charge in [-0.25, -0.2) is 0 Å². The Hall–Kier alpha value is -1.86. The minimum Gasteiger partial charge on any atom is -0.368 e. The van der Waals surface area contributed by atoms with Gasteiger partial charge in [-0.05, 0) is 31.4 Å². The third-order valence-electron chi connectivity index (χ3n) is 4.96. The summed E-state index contributed by atoms with van der Waals surface area (Å²) in [6, 6.07) is 6.63. The van der Waals surface area contributed by atoms with Gasteiger partial charge in [-0.3, -0.25) is 14.9 Å². The number of amides is 1. The van der Waals surface area contributed by atoms with Gasteiger partial charge < -0.3 is 15.1 Å². The second kappa shape index (κ2) is 8.49. The van der Waals surface area contributed by atoms with Crippen molar-refractivity contribution in [1.82, 2.24) is 10.2 Å². The van der Waals surface area contributed by atoms with E-state index in [9.17, 15) is 14.9 Å². The molecule has 0 aliphatic carbocycles. The van der Waals surface area contributed by atoms with Crippen molar-refractivity contribution in [3.05, 3.63) is 34.4 Å². The SMILES string of the molecule is CC1CCNC(C(=O)N2CCN(c3cccc([N+](=O)[O-])c3)CC2)C1.Cl. The predicted molar refractivity (Wildman–Crippen MR) is 99.3 cm³/mol. The molecule has 2 fully saturated rings. The van der Waals surface area contributed by atoms with Crippen LogP contribution in [0.25, 0.3) is 0 Å². The highest BCUT2D eigenvalue weighted by Gasteiger charge is 2.30. The summed E-state index contributed by atoms with van der Waals surface area (Å²) in [4.78, 5) is 27.2. The lowest BCUT2D eigenvalue weighted by atomic mass is 9.93. The molecular weight excluding hydrogens is 344 g/mol. The van der Waals surface area contributed by atoms with Crippen LogP contribution in [0.3, 0.4) is 0 Å². The van der Waals surface area contributed by atoms with Crippen LogP contribution in [-0.4, -0.2) is 54.5 Å². The number of carbonyl (C=O) groups is 1. The maximum atomic E-state index is 12.6. The molecule has 1 aromatic rings. The normalized spacial score (nSPS) is 23.7. The van der Waals surface area contributed by atoms with Crippen molar-refractivity contribution in [2.75, 3.05) is 37.6 Å². The van der Waals surface area contributed by atoms with Gasteiger partial charge in [-0.2, -0.15) is 0 Å². The summed E-state index contributed by atoms with van der Waals surface area (Å²) in [6.07, 6.45) is 2.04. The molecule has 2 heterocycles. The van der Waals surface area contributed by atoms with E-state index in [4.69, 9.17) is 0 Å². The molecule has 3 rings (SSSR count). The van der Waals surface area contributed by atoms with E-state index in [1.165, 1.54) is 6.07 Å². The number of hydrogen-bond donors (Lipinski definition) is 1. The van der Waals surface area contributed by atoms with E-state index in [2.05, 4.69) is 17.1 Å². The Kier molecular flexibility index (Phi) is 6.61. The molecule has 7 nitrogen and oxygen atoms in total. The largest absolute Gasteiger partial charge is 0.368 e. The molecule has 2 aliphatic rings. The van der Waals surface area contributed by atoms with Crippen molar-refractivity contribution < 1.29 is 9.72 Å². The molecule has 138 valence electrons. The lowest BCUT2D eigenvalue weighted by Crippen LogP contribution is -2.55. The van der Waals surface area contributed by atoms with Crippen LogP contribution in [0.5, 0.6) is 0 Å². The number of rotatable bonds is 3. The monoisotopic (exact) mass is 368 g/mol. The summed E-state index contributed by atoms with van der Waals surface area (Å²) < 4.78 is 0. The van der Waals surface area contributed by atoms with Crippen molar-refractivity contribution in [2.24, 2.45) is 5.92 Å². The summed E-state index contributed by atoms with van der Waals surface area (Å²) in [5.74, 6) is 0.784. The molecule has 8 heteroatoms. The van der Waals surface area contributed by atoms with Crippen LogP contribution in [0.1, 0.15) is 19.8 Å². The average Bonchev–Trinajstić information content (AvgIpc) is 2.61. The molecule has 0 bridgehead atoms. The molecule has 1 amide bonds. The number of halogens is 1. The first-order valence-corrected chi connectivity index (χ1v) is 8.56. The van der Waals surface area contributed by atoms with Crippen molar-refractivity contribution in [2.45, 2.75) is 25.8 Å². The second-order valence-corrected chi connectivity index (χ2v) is 6.73. The summed E-state index contributed by atoms with van der Waals surface area (Å²) in [5.41, 5.74) is 0.951. The first-order chi connectivity index (χ1) is 11.5. The zero-order chi connectivity index (χ0) is 17.1. The van der Waals surface area contributed by atoms with Gasteiger partial charge in [0.15, 0.2) is 0 Å². The standard InChI is InChI=1S/C17H24N4O3.ClH/c1-13-5-6-18-16(11-13)17(22)20-9-7-19(8-10-20)14-3-2-4-15(12-14)21(23)24;/h2-4,12-13,16,18H,5-11H2,1H3;1H. The lowest BCUT2D eigenvalue weighted by molar-refractivity contribution is -0.384. The number of hydrogen-bond acceptors (Lipinski definition) is 5. The zero-order valence-electron chi connectivity index (χ0n) is 14.4. The van der Waals surface area contributed by atoms with Crippen molar-refractivity contribution in [3.63, 3.8) is 0 Å². The maximum Gasteiger partial charge on any atom is 0.271 e. The average molecular weight is 369 g/mol. The zero-order valence-corrected chi connectivity index (χ0v) is 15.2. The molecule has 0 spiro atoms. The van der Waals surface area contributed by atoms with Crippen LogP contribution >= 0.6 is 12.4 Å². The summed E-state index contributed by atoms with van der Waals surface area (Å²) in [7, 11) is 0.